The van der Waals surface area contributed by atoms with E-state index in [0.717, 1.165) is 107 Å². The van der Waals surface area contributed by atoms with Crippen molar-refractivity contribution < 1.29 is 9.53 Å². The molecule has 71 heavy (non-hydrogen) atoms. The van der Waals surface area contributed by atoms with E-state index in [1.165, 1.54) is 0 Å². The van der Waals surface area contributed by atoms with E-state index in [4.69, 9.17) is 41.3 Å². The van der Waals surface area contributed by atoms with Gasteiger partial charge in [-0.2, -0.15) is 34.8 Å². The highest BCUT2D eigenvalue weighted by Gasteiger charge is 2.36. The first-order valence-corrected chi connectivity index (χ1v) is 25.6. The van der Waals surface area contributed by atoms with Crippen molar-refractivity contribution in [2.75, 3.05) is 92.6 Å². The molecule has 4 aliphatic rings. The third kappa shape index (κ3) is 9.29. The minimum absolute atomic E-state index is 0.144. The van der Waals surface area contributed by atoms with Gasteiger partial charge in [-0.3, -0.25) is 4.79 Å². The van der Waals surface area contributed by atoms with E-state index in [2.05, 4.69) is 95.2 Å². The Kier molecular flexibility index (Phi) is 13.1. The molecule has 0 aliphatic carbocycles. The molecule has 7 aromatic rings. The van der Waals surface area contributed by atoms with Crippen molar-refractivity contribution in [2.45, 2.75) is 64.3 Å². The number of likely N-dealkylation sites (N-methyl/N-ethyl adjacent to an activating group) is 1. The Hall–Kier alpha value is -6.59. The number of carbonyl (C=O) groups excluding carboxylic acids is 1. The number of aryl methyl sites for hydroxylation is 1. The number of nitriles is 1. The van der Waals surface area contributed by atoms with Crippen molar-refractivity contribution in [3.05, 3.63) is 105 Å². The van der Waals surface area contributed by atoms with Crippen LogP contribution in [-0.4, -0.2) is 139 Å². The van der Waals surface area contributed by atoms with Gasteiger partial charge in [0.2, 0.25) is 11.9 Å². The third-order valence-corrected chi connectivity index (χ3v) is 15.3. The maximum atomic E-state index is 14.7. The van der Waals surface area contributed by atoms with Crippen LogP contribution in [0, 0.1) is 18.3 Å². The number of imidazole rings is 1. The zero-order valence-electron chi connectivity index (χ0n) is 40.0. The van der Waals surface area contributed by atoms with Crippen molar-refractivity contribution in [1.29, 1.82) is 5.26 Å². The number of piperazine rings is 2. The molecule has 0 radical (unpaired) electrons. The number of fused-ring (bicyclic) bond motifs is 4. The van der Waals surface area contributed by atoms with Crippen LogP contribution >= 0.6 is 27.5 Å². The van der Waals surface area contributed by atoms with Crippen LogP contribution in [0.5, 0.6) is 6.01 Å². The number of anilines is 4. The number of nitrogens with one attached hydrogen (secondary N) is 2. The van der Waals surface area contributed by atoms with E-state index >= 15 is 0 Å². The van der Waals surface area contributed by atoms with E-state index < -0.39 is 6.04 Å². The predicted molar refractivity (Wildman–Crippen MR) is 279 cm³/mol. The number of likely N-dealkylation sites (tertiary alicyclic amines) is 1. The summed E-state index contributed by atoms with van der Waals surface area (Å²) in [5.74, 6) is 2.44. The second-order valence-corrected chi connectivity index (χ2v) is 20.2. The number of aromatic nitrogens is 8. The molecular formula is C51H56BrClN16O2. The first kappa shape index (κ1) is 46.8. The number of rotatable bonds is 13. The van der Waals surface area contributed by atoms with Gasteiger partial charge in [-0.1, -0.05) is 48.5 Å². The standard InChI is InChI=1S/C51H56BrClN16O2/c1-32-12-13-42-40(25-32)58-44(27-56-49-62-50(64-21-17-55-18-22-64)60-47-38(52)26-57-69(47)49)68(42)28-33(2)48(70)67-24-23-66(29-35(67)14-16-54)46-37-15-20-65(43-11-5-8-34-7-4-10-39(53)45(34)43)30-41(37)59-51(61-46)71-31-36-9-6-19-63(36)3/h4-5,7-8,10-13,25-26,35-36,55H,2,6,9,14-15,17-24,27-31H2,1,3H3,(H,56,60,62)/t35-,36-/m0/s1. The molecule has 8 heterocycles. The first-order chi connectivity index (χ1) is 34.6. The highest BCUT2D eigenvalue weighted by molar-refractivity contribution is 9.10. The van der Waals surface area contributed by atoms with Crippen molar-refractivity contribution in [3.8, 4) is 12.1 Å². The van der Waals surface area contributed by atoms with Gasteiger partial charge in [0.05, 0.1) is 70.6 Å². The second kappa shape index (κ2) is 19.9. The van der Waals surface area contributed by atoms with Gasteiger partial charge in [0.25, 0.3) is 5.91 Å². The number of hydrogen-bond acceptors (Lipinski definition) is 15. The third-order valence-electron chi connectivity index (χ3n) is 14.4. The molecule has 3 aromatic carbocycles. The van der Waals surface area contributed by atoms with Gasteiger partial charge < -0.3 is 44.4 Å². The van der Waals surface area contributed by atoms with Crippen LogP contribution in [0.1, 0.15) is 41.9 Å². The Bertz CT molecular complexity index is 3210. The molecule has 4 aliphatic heterocycles. The minimum atomic E-state index is -0.417. The van der Waals surface area contributed by atoms with Gasteiger partial charge in [0, 0.05) is 80.6 Å². The minimum Gasteiger partial charge on any atom is -0.462 e. The summed E-state index contributed by atoms with van der Waals surface area (Å²) in [6.45, 7) is 14.3. The molecule has 4 aromatic heterocycles. The molecule has 1 amide bonds. The van der Waals surface area contributed by atoms with Crippen molar-refractivity contribution in [2.24, 2.45) is 0 Å². The number of hydrogen-bond donors (Lipinski definition) is 2. The maximum absolute atomic E-state index is 14.7. The lowest BCUT2D eigenvalue weighted by atomic mass is 10.0. The Labute approximate surface area is 425 Å². The van der Waals surface area contributed by atoms with E-state index in [1.807, 2.05) is 46.7 Å². The van der Waals surface area contributed by atoms with Crippen molar-refractivity contribution in [3.63, 3.8) is 0 Å². The fraction of sp³-hybridized carbons (Fsp3) is 0.412. The van der Waals surface area contributed by atoms with Crippen LogP contribution in [0.15, 0.2) is 77.4 Å². The number of carbonyl (C=O) groups is 1. The molecular weight excluding hydrogens is 984 g/mol. The lowest BCUT2D eigenvalue weighted by Gasteiger charge is -2.42. The normalized spacial score (nSPS) is 18.6. The molecule has 3 fully saturated rings. The van der Waals surface area contributed by atoms with E-state index in [0.29, 0.717) is 79.2 Å². The fourth-order valence-electron chi connectivity index (χ4n) is 10.6. The average molecular weight is 1040 g/mol. The zero-order valence-corrected chi connectivity index (χ0v) is 42.3. The van der Waals surface area contributed by atoms with Crippen LogP contribution in [0.2, 0.25) is 5.02 Å². The van der Waals surface area contributed by atoms with Gasteiger partial charge in [0.1, 0.15) is 18.2 Å². The van der Waals surface area contributed by atoms with Crippen LogP contribution in [0.25, 0.3) is 27.5 Å². The van der Waals surface area contributed by atoms with E-state index in [1.54, 1.807) is 10.7 Å². The lowest BCUT2D eigenvalue weighted by Crippen LogP contribution is -2.56. The summed E-state index contributed by atoms with van der Waals surface area (Å²) in [5.41, 5.74) is 6.83. The number of halogens is 2. The van der Waals surface area contributed by atoms with Gasteiger partial charge in [-0.15, -0.1) is 0 Å². The summed E-state index contributed by atoms with van der Waals surface area (Å²) in [6, 6.07) is 21.0. The zero-order chi connectivity index (χ0) is 48.8. The SMILES string of the molecule is C=C(Cn1c(CNc2nc(N3CCNCC3)nc3c(Br)cnn23)nc2cc(C)ccc21)C(=O)N1CCN(c2nc(OC[C@@H]3CCCN3C)nc3c2CCN(c2cccc4cccc(Cl)c24)C3)C[C@@H]1CC#N. The molecule has 0 unspecified atom stereocenters. The summed E-state index contributed by atoms with van der Waals surface area (Å²) in [4.78, 5) is 50.6. The quantitative estimate of drug-likeness (QED) is 0.122. The molecule has 366 valence electrons. The molecule has 0 spiro atoms. The number of benzene rings is 3. The fourth-order valence-corrected chi connectivity index (χ4v) is 11.2. The molecule has 20 heteroatoms. The first-order valence-electron chi connectivity index (χ1n) is 24.4. The lowest BCUT2D eigenvalue weighted by molar-refractivity contribution is -0.129. The van der Waals surface area contributed by atoms with Crippen LogP contribution in [-0.2, 0) is 30.8 Å². The number of amides is 1. The summed E-state index contributed by atoms with van der Waals surface area (Å²) < 4.78 is 10.9. The second-order valence-electron chi connectivity index (χ2n) is 19.0. The van der Waals surface area contributed by atoms with Gasteiger partial charge in [-0.25, -0.2) is 4.98 Å². The summed E-state index contributed by atoms with van der Waals surface area (Å²) in [6.07, 6.45) is 4.75. The highest BCUT2D eigenvalue weighted by atomic mass is 79.9. The topological polar surface area (TPSA) is 177 Å². The molecule has 18 nitrogen and oxygen atoms in total. The molecule has 0 saturated carbocycles. The average Bonchev–Trinajstić information content (AvgIpc) is 4.09. The van der Waals surface area contributed by atoms with Gasteiger partial charge >= 0.3 is 6.01 Å². The summed E-state index contributed by atoms with van der Waals surface area (Å²) in [7, 11) is 2.13. The smallest absolute Gasteiger partial charge is 0.318 e. The van der Waals surface area contributed by atoms with E-state index in [-0.39, 0.29) is 31.5 Å². The van der Waals surface area contributed by atoms with E-state index in [9.17, 15) is 10.1 Å². The van der Waals surface area contributed by atoms with Crippen molar-refractivity contribution >= 4 is 84.3 Å². The molecule has 2 atom stereocenters. The molecule has 0 bridgehead atoms. The van der Waals surface area contributed by atoms with Crippen LogP contribution in [0.4, 0.5) is 23.4 Å². The molecule has 2 N–H and O–H groups in total. The maximum Gasteiger partial charge on any atom is 0.318 e. The van der Waals surface area contributed by atoms with Crippen LogP contribution < -0.4 is 30.1 Å². The largest absolute Gasteiger partial charge is 0.462 e. The predicted octanol–water partition coefficient (Wildman–Crippen LogP) is 6.39. The highest BCUT2D eigenvalue weighted by Crippen LogP contribution is 2.38. The van der Waals surface area contributed by atoms with Gasteiger partial charge in [-0.05, 0) is 90.9 Å². The Morgan fingerprint density at radius 1 is 0.986 bits per heavy atom. The van der Waals surface area contributed by atoms with Gasteiger partial charge in [0.15, 0.2) is 5.65 Å². The summed E-state index contributed by atoms with van der Waals surface area (Å²) in [5, 5.41) is 24.5. The van der Waals surface area contributed by atoms with Crippen molar-refractivity contribution in [1.82, 2.24) is 54.2 Å². The molecule has 11 rings (SSSR count). The summed E-state index contributed by atoms with van der Waals surface area (Å²) >= 11 is 10.5. The number of nitrogens with zero attached hydrogens (tertiary/aromatic N) is 14. The number of ether oxygens (including phenoxy) is 1. The van der Waals surface area contributed by atoms with Crippen LogP contribution in [0.3, 0.4) is 0 Å². The Morgan fingerprint density at radius 3 is 2.65 bits per heavy atom. The monoisotopic (exact) mass is 1040 g/mol. The Balaban J connectivity index is 0.845. The Morgan fingerprint density at radius 2 is 1.83 bits per heavy atom. The molecule has 3 saturated heterocycles.